The van der Waals surface area contributed by atoms with E-state index in [1.165, 1.54) is 12.3 Å². The van der Waals surface area contributed by atoms with Crippen molar-refractivity contribution in [3.05, 3.63) is 35.8 Å². The fraction of sp³-hybridized carbons (Fsp3) is 0.417. The minimum atomic E-state index is -0.308. The Bertz CT molecular complexity index is 377. The van der Waals surface area contributed by atoms with Crippen molar-refractivity contribution in [1.29, 1.82) is 0 Å². The van der Waals surface area contributed by atoms with Crippen LogP contribution in [-0.2, 0) is 6.54 Å². The van der Waals surface area contributed by atoms with E-state index in [0.29, 0.717) is 6.54 Å². The first-order valence-corrected chi connectivity index (χ1v) is 5.19. The Morgan fingerprint density at radius 1 is 1.62 bits per heavy atom. The van der Waals surface area contributed by atoms with Gasteiger partial charge in [0.15, 0.2) is 0 Å². The van der Waals surface area contributed by atoms with Crippen LogP contribution in [0.3, 0.4) is 0 Å². The van der Waals surface area contributed by atoms with Crippen molar-refractivity contribution >= 4 is 5.82 Å². The lowest BCUT2D eigenvalue weighted by Crippen LogP contribution is -2.23. The monoisotopic (exact) mass is 223 g/mol. The van der Waals surface area contributed by atoms with Gasteiger partial charge in [0.1, 0.15) is 11.6 Å². The second-order valence-corrected chi connectivity index (χ2v) is 3.98. The third-order valence-electron chi connectivity index (χ3n) is 2.15. The maximum atomic E-state index is 13.1. The third-order valence-corrected chi connectivity index (χ3v) is 2.15. The van der Waals surface area contributed by atoms with Crippen LogP contribution >= 0.6 is 0 Å². The van der Waals surface area contributed by atoms with Crippen molar-refractivity contribution in [3.8, 4) is 0 Å². The summed E-state index contributed by atoms with van der Waals surface area (Å²) in [5, 5.41) is 3.00. The van der Waals surface area contributed by atoms with Crippen LogP contribution in [0.25, 0.3) is 0 Å². The van der Waals surface area contributed by atoms with Gasteiger partial charge in [-0.3, -0.25) is 0 Å². The molecule has 0 amide bonds. The van der Waals surface area contributed by atoms with Crippen LogP contribution in [0.5, 0.6) is 0 Å². The first-order valence-electron chi connectivity index (χ1n) is 5.19. The van der Waals surface area contributed by atoms with E-state index in [9.17, 15) is 4.39 Å². The molecule has 0 saturated heterocycles. The van der Waals surface area contributed by atoms with E-state index in [4.69, 9.17) is 0 Å². The molecule has 0 aliphatic carbocycles. The highest BCUT2D eigenvalue weighted by Gasteiger charge is 2.09. The van der Waals surface area contributed by atoms with E-state index >= 15 is 0 Å². The Hall–Kier alpha value is -1.42. The van der Waals surface area contributed by atoms with Gasteiger partial charge in [0, 0.05) is 25.7 Å². The topological polar surface area (TPSA) is 28.2 Å². The maximum absolute atomic E-state index is 13.1. The van der Waals surface area contributed by atoms with Gasteiger partial charge in [0.25, 0.3) is 0 Å². The first-order chi connectivity index (χ1) is 7.54. The summed E-state index contributed by atoms with van der Waals surface area (Å²) in [6, 6.07) is 1.51. The molecule has 0 saturated carbocycles. The molecule has 1 heterocycles. The number of anilines is 1. The fourth-order valence-corrected chi connectivity index (χ4v) is 1.62. The number of hydrogen-bond acceptors (Lipinski definition) is 3. The quantitative estimate of drug-likeness (QED) is 0.773. The molecule has 0 aliphatic rings. The van der Waals surface area contributed by atoms with Crippen molar-refractivity contribution in [2.24, 2.45) is 0 Å². The van der Waals surface area contributed by atoms with Gasteiger partial charge in [-0.2, -0.15) is 0 Å². The highest BCUT2D eigenvalue weighted by molar-refractivity contribution is 5.47. The fourth-order valence-electron chi connectivity index (χ4n) is 1.62. The molecule has 1 N–H and O–H groups in total. The van der Waals surface area contributed by atoms with Crippen LogP contribution in [0, 0.1) is 5.82 Å². The molecular formula is C12H18FN3. The molecular weight excluding hydrogens is 205 g/mol. The van der Waals surface area contributed by atoms with Crippen LogP contribution in [0.2, 0.25) is 0 Å². The number of hydrogen-bond donors (Lipinski definition) is 1. The van der Waals surface area contributed by atoms with Crippen LogP contribution in [0.15, 0.2) is 24.4 Å². The number of aromatic nitrogens is 1. The average Bonchev–Trinajstić information content (AvgIpc) is 2.17. The van der Waals surface area contributed by atoms with Crippen molar-refractivity contribution < 1.29 is 4.39 Å². The van der Waals surface area contributed by atoms with Gasteiger partial charge in [-0.05, 0) is 20.0 Å². The summed E-state index contributed by atoms with van der Waals surface area (Å²) in [5.74, 6) is 0.483. The van der Waals surface area contributed by atoms with Crippen molar-refractivity contribution in [2.75, 3.05) is 25.5 Å². The van der Waals surface area contributed by atoms with E-state index in [-0.39, 0.29) is 5.82 Å². The minimum Gasteiger partial charge on any atom is -0.355 e. The summed E-state index contributed by atoms with van der Waals surface area (Å²) < 4.78 is 13.1. The van der Waals surface area contributed by atoms with Gasteiger partial charge in [-0.25, -0.2) is 9.37 Å². The Labute approximate surface area is 96.0 Å². The third kappa shape index (κ3) is 3.31. The molecule has 0 unspecified atom stereocenters. The van der Waals surface area contributed by atoms with Gasteiger partial charge in [0.05, 0.1) is 6.20 Å². The lowest BCUT2D eigenvalue weighted by molar-refractivity contribution is 0.616. The molecule has 1 rings (SSSR count). The summed E-state index contributed by atoms with van der Waals surface area (Å²) in [7, 11) is 3.75. The number of nitrogens with one attached hydrogen (secondary N) is 1. The lowest BCUT2D eigenvalue weighted by Gasteiger charge is -2.21. The minimum absolute atomic E-state index is 0.308. The largest absolute Gasteiger partial charge is 0.355 e. The zero-order valence-corrected chi connectivity index (χ0v) is 10.0. The highest BCUT2D eigenvalue weighted by Crippen LogP contribution is 2.17. The smallest absolute Gasteiger partial charge is 0.141 e. The van der Waals surface area contributed by atoms with Crippen LogP contribution in [0.4, 0.5) is 10.2 Å². The summed E-state index contributed by atoms with van der Waals surface area (Å²) in [6.45, 7) is 7.13. The normalized spacial score (nSPS) is 10.2. The van der Waals surface area contributed by atoms with E-state index in [2.05, 4.69) is 16.9 Å². The molecule has 0 aliphatic heterocycles. The zero-order chi connectivity index (χ0) is 12.1. The number of pyridine rings is 1. The zero-order valence-electron chi connectivity index (χ0n) is 10.0. The lowest BCUT2D eigenvalue weighted by atomic mass is 10.2. The van der Waals surface area contributed by atoms with E-state index in [0.717, 1.165) is 23.5 Å². The SMILES string of the molecule is C=C(C)CN(C)c1ncc(F)cc1CNC. The summed E-state index contributed by atoms with van der Waals surface area (Å²) in [4.78, 5) is 6.09. The Morgan fingerprint density at radius 3 is 2.88 bits per heavy atom. The standard InChI is InChI=1S/C12H18FN3/c1-9(2)8-16(4)12-10(6-14-3)5-11(13)7-15-12/h5,7,14H,1,6,8H2,2-4H3. The second-order valence-electron chi connectivity index (χ2n) is 3.98. The predicted octanol–water partition coefficient (Wildman–Crippen LogP) is 1.95. The Kier molecular flexibility index (Phi) is 4.43. The van der Waals surface area contributed by atoms with Crippen LogP contribution in [0.1, 0.15) is 12.5 Å². The molecule has 0 spiro atoms. The van der Waals surface area contributed by atoms with Gasteiger partial charge >= 0.3 is 0 Å². The first kappa shape index (κ1) is 12.6. The summed E-state index contributed by atoms with van der Waals surface area (Å²) in [6.07, 6.45) is 1.24. The Balaban J connectivity index is 2.96. The van der Waals surface area contributed by atoms with E-state index < -0.39 is 0 Å². The molecule has 4 heteroatoms. The highest BCUT2D eigenvalue weighted by atomic mass is 19.1. The average molecular weight is 223 g/mol. The van der Waals surface area contributed by atoms with E-state index in [1.54, 1.807) is 0 Å². The molecule has 0 fully saturated rings. The molecule has 0 aromatic carbocycles. The van der Waals surface area contributed by atoms with Gasteiger partial charge in [0.2, 0.25) is 0 Å². The van der Waals surface area contributed by atoms with Gasteiger partial charge in [-0.15, -0.1) is 0 Å². The van der Waals surface area contributed by atoms with Crippen molar-refractivity contribution in [3.63, 3.8) is 0 Å². The number of likely N-dealkylation sites (N-methyl/N-ethyl adjacent to an activating group) is 1. The van der Waals surface area contributed by atoms with Crippen LogP contribution < -0.4 is 10.2 Å². The van der Waals surface area contributed by atoms with Gasteiger partial charge < -0.3 is 10.2 Å². The van der Waals surface area contributed by atoms with Gasteiger partial charge in [-0.1, -0.05) is 12.2 Å². The molecule has 88 valence electrons. The van der Waals surface area contributed by atoms with E-state index in [1.807, 2.05) is 25.9 Å². The molecule has 0 bridgehead atoms. The molecule has 1 aromatic heterocycles. The molecule has 3 nitrogen and oxygen atoms in total. The number of rotatable bonds is 5. The molecule has 16 heavy (non-hydrogen) atoms. The maximum Gasteiger partial charge on any atom is 0.141 e. The number of halogens is 1. The predicted molar refractivity (Wildman–Crippen MR) is 65.0 cm³/mol. The second kappa shape index (κ2) is 5.61. The summed E-state index contributed by atoms with van der Waals surface area (Å²) >= 11 is 0. The van der Waals surface area contributed by atoms with Crippen molar-refractivity contribution in [2.45, 2.75) is 13.5 Å². The van der Waals surface area contributed by atoms with Crippen molar-refractivity contribution in [1.82, 2.24) is 10.3 Å². The Morgan fingerprint density at radius 2 is 2.31 bits per heavy atom. The molecule has 0 radical (unpaired) electrons. The van der Waals surface area contributed by atoms with Crippen LogP contribution in [-0.4, -0.2) is 25.6 Å². The summed E-state index contributed by atoms with van der Waals surface area (Å²) in [5.41, 5.74) is 1.90. The molecule has 1 aromatic rings. The molecule has 0 atom stereocenters. The number of nitrogens with zero attached hydrogens (tertiary/aromatic N) is 2.